The van der Waals surface area contributed by atoms with E-state index in [2.05, 4.69) is 4.57 Å². The van der Waals surface area contributed by atoms with Gasteiger partial charge in [0.1, 0.15) is 0 Å². The molecule has 1 aromatic carbocycles. The highest BCUT2D eigenvalue weighted by Gasteiger charge is 2.21. The van der Waals surface area contributed by atoms with E-state index in [9.17, 15) is 8.42 Å². The van der Waals surface area contributed by atoms with Gasteiger partial charge in [0.15, 0.2) is 9.84 Å². The van der Waals surface area contributed by atoms with E-state index >= 15 is 0 Å². The molecule has 0 saturated carbocycles. The van der Waals surface area contributed by atoms with Crippen LogP contribution in [-0.4, -0.2) is 18.2 Å². The van der Waals surface area contributed by atoms with Gasteiger partial charge in [-0.15, -0.1) is 0 Å². The van der Waals surface area contributed by atoms with Crippen LogP contribution in [0, 0.1) is 0 Å². The Morgan fingerprint density at radius 3 is 2.40 bits per heavy atom. The molecule has 0 aliphatic heterocycles. The third-order valence-electron chi connectivity index (χ3n) is 3.49. The lowest BCUT2D eigenvalue weighted by Crippen LogP contribution is -2.18. The molecule has 0 aliphatic rings. The predicted molar refractivity (Wildman–Crippen MR) is 85.1 cm³/mol. The van der Waals surface area contributed by atoms with E-state index in [1.165, 1.54) is 0 Å². The van der Waals surface area contributed by atoms with Crippen LogP contribution in [0.1, 0.15) is 39.4 Å². The minimum atomic E-state index is -3.13. The lowest BCUT2D eigenvalue weighted by Gasteiger charge is -2.16. The lowest BCUT2D eigenvalue weighted by atomic mass is 10.2. The third-order valence-corrected chi connectivity index (χ3v) is 5.96. The van der Waals surface area contributed by atoms with Gasteiger partial charge in [0.05, 0.1) is 11.0 Å². The zero-order valence-electron chi connectivity index (χ0n) is 12.2. The Morgan fingerprint density at radius 2 is 1.85 bits per heavy atom. The summed E-state index contributed by atoms with van der Waals surface area (Å²) in [5.74, 6) is 0.0495. The number of fused-ring (bicyclic) bond motifs is 1. The Hall–Kier alpha value is -1.00. The maximum absolute atomic E-state index is 12.2. The summed E-state index contributed by atoms with van der Waals surface area (Å²) in [5.41, 5.74) is 1.79. The molecule has 0 N–H and O–H groups in total. The van der Waals surface area contributed by atoms with Gasteiger partial charge in [-0.2, -0.15) is 0 Å². The fraction of sp³-hybridized carbons (Fsp3) is 0.467. The highest BCUT2D eigenvalue weighted by molar-refractivity contribution is 7.91. The van der Waals surface area contributed by atoms with Crippen molar-refractivity contribution in [2.24, 2.45) is 0 Å². The Labute approximate surface area is 125 Å². The second kappa shape index (κ2) is 5.41. The molecule has 0 atom stereocenters. The Kier molecular flexibility index (Phi) is 4.17. The molecule has 0 bridgehead atoms. The summed E-state index contributed by atoms with van der Waals surface area (Å²) in [4.78, 5) is 0. The maximum Gasteiger partial charge on any atom is 0.158 e. The highest BCUT2D eigenvalue weighted by atomic mass is 35.5. The van der Waals surface area contributed by atoms with Gasteiger partial charge in [0.2, 0.25) is 0 Å². The number of nitrogens with zero attached hydrogens (tertiary/aromatic N) is 1. The summed E-state index contributed by atoms with van der Waals surface area (Å²) in [6.45, 7) is 7.52. The van der Waals surface area contributed by atoms with Gasteiger partial charge in [-0.3, -0.25) is 0 Å². The van der Waals surface area contributed by atoms with Crippen molar-refractivity contribution >= 4 is 32.3 Å². The molecule has 0 aliphatic carbocycles. The second-order valence-corrected chi connectivity index (χ2v) is 8.59. The molecule has 2 aromatic rings. The van der Waals surface area contributed by atoms with E-state index in [0.717, 1.165) is 16.6 Å². The predicted octanol–water partition coefficient (Wildman–Crippen LogP) is 4.20. The molecule has 1 heterocycles. The maximum atomic E-state index is 12.2. The van der Waals surface area contributed by atoms with Crippen LogP contribution in [0.15, 0.2) is 24.3 Å². The van der Waals surface area contributed by atoms with E-state index in [0.29, 0.717) is 5.02 Å². The second-order valence-electron chi connectivity index (χ2n) is 5.63. The molecular weight excluding hydrogens is 294 g/mol. The first kappa shape index (κ1) is 15.4. The van der Waals surface area contributed by atoms with E-state index in [1.54, 1.807) is 13.8 Å². The van der Waals surface area contributed by atoms with Gasteiger partial charge in [0.25, 0.3) is 0 Å². The summed E-state index contributed by atoms with van der Waals surface area (Å²) in [6, 6.07) is 7.78. The van der Waals surface area contributed by atoms with Crippen molar-refractivity contribution in [3.8, 4) is 0 Å². The topological polar surface area (TPSA) is 39.1 Å². The van der Waals surface area contributed by atoms with Crippen molar-refractivity contribution < 1.29 is 8.42 Å². The van der Waals surface area contributed by atoms with Gasteiger partial charge in [-0.25, -0.2) is 8.42 Å². The van der Waals surface area contributed by atoms with Gasteiger partial charge < -0.3 is 4.57 Å². The van der Waals surface area contributed by atoms with Crippen LogP contribution in [-0.2, 0) is 15.6 Å². The smallest absolute Gasteiger partial charge is 0.158 e. The van der Waals surface area contributed by atoms with Crippen molar-refractivity contribution in [3.63, 3.8) is 0 Å². The number of sulfone groups is 1. The van der Waals surface area contributed by atoms with Crippen LogP contribution in [0.5, 0.6) is 0 Å². The molecule has 0 amide bonds. The number of halogens is 1. The summed E-state index contributed by atoms with van der Waals surface area (Å²) >= 11 is 6.22. The molecule has 1 aromatic heterocycles. The van der Waals surface area contributed by atoms with Crippen LogP contribution >= 0.6 is 11.6 Å². The first-order valence-electron chi connectivity index (χ1n) is 6.74. The number of hydrogen-bond acceptors (Lipinski definition) is 2. The number of benzene rings is 1. The minimum absolute atomic E-state index is 0.0495. The first-order valence-corrected chi connectivity index (χ1v) is 8.83. The molecule has 0 spiro atoms. The SMILES string of the molecule is CC(C)n1c(CS(=O)(=O)C(C)C)cc2c(Cl)cccc21. The van der Waals surface area contributed by atoms with Crippen LogP contribution < -0.4 is 0 Å². The molecular formula is C15H20ClNO2S. The van der Waals surface area contributed by atoms with Crippen molar-refractivity contribution in [3.05, 3.63) is 35.0 Å². The van der Waals surface area contributed by atoms with E-state index in [-0.39, 0.29) is 17.0 Å². The molecule has 110 valence electrons. The minimum Gasteiger partial charge on any atom is -0.341 e. The zero-order chi connectivity index (χ0) is 15.1. The summed E-state index contributed by atoms with van der Waals surface area (Å²) in [5, 5.41) is 1.19. The van der Waals surface area contributed by atoms with E-state index in [4.69, 9.17) is 11.6 Å². The van der Waals surface area contributed by atoms with Crippen molar-refractivity contribution in [2.75, 3.05) is 0 Å². The fourth-order valence-corrected chi connectivity index (χ4v) is 3.56. The molecule has 0 saturated heterocycles. The molecule has 0 unspecified atom stereocenters. The fourth-order valence-electron chi connectivity index (χ4n) is 2.36. The van der Waals surface area contributed by atoms with Gasteiger partial charge in [0, 0.05) is 27.7 Å². The molecule has 2 rings (SSSR count). The van der Waals surface area contributed by atoms with E-state index in [1.807, 2.05) is 38.1 Å². The van der Waals surface area contributed by atoms with Crippen molar-refractivity contribution in [2.45, 2.75) is 44.7 Å². The Bertz CT molecular complexity index is 730. The van der Waals surface area contributed by atoms with Gasteiger partial charge in [-0.1, -0.05) is 17.7 Å². The normalized spacial score (nSPS) is 12.8. The Balaban J connectivity index is 2.65. The molecule has 0 radical (unpaired) electrons. The highest BCUT2D eigenvalue weighted by Crippen LogP contribution is 2.30. The number of rotatable bonds is 4. The van der Waals surface area contributed by atoms with Crippen LogP contribution in [0.3, 0.4) is 0 Å². The summed E-state index contributed by atoms with van der Waals surface area (Å²) in [6.07, 6.45) is 0. The quantitative estimate of drug-likeness (QED) is 0.848. The van der Waals surface area contributed by atoms with Crippen LogP contribution in [0.4, 0.5) is 0 Å². The lowest BCUT2D eigenvalue weighted by molar-refractivity contribution is 0.574. The van der Waals surface area contributed by atoms with Crippen molar-refractivity contribution in [1.29, 1.82) is 0 Å². The molecule has 5 heteroatoms. The molecule has 3 nitrogen and oxygen atoms in total. The molecule has 20 heavy (non-hydrogen) atoms. The monoisotopic (exact) mass is 313 g/mol. The van der Waals surface area contributed by atoms with Crippen molar-refractivity contribution in [1.82, 2.24) is 4.57 Å². The average molecular weight is 314 g/mol. The standard InChI is InChI=1S/C15H20ClNO2S/c1-10(2)17-12(9-20(18,19)11(3)4)8-13-14(16)6-5-7-15(13)17/h5-8,10-11H,9H2,1-4H3. The Morgan fingerprint density at radius 1 is 1.20 bits per heavy atom. The van der Waals surface area contributed by atoms with Crippen LogP contribution in [0.25, 0.3) is 10.9 Å². The van der Waals surface area contributed by atoms with Crippen LogP contribution in [0.2, 0.25) is 5.02 Å². The molecule has 0 fully saturated rings. The number of hydrogen-bond donors (Lipinski definition) is 0. The van der Waals surface area contributed by atoms with Gasteiger partial charge in [-0.05, 0) is 45.9 Å². The average Bonchev–Trinajstić information content (AvgIpc) is 2.67. The van der Waals surface area contributed by atoms with E-state index < -0.39 is 9.84 Å². The van der Waals surface area contributed by atoms with Gasteiger partial charge >= 0.3 is 0 Å². The largest absolute Gasteiger partial charge is 0.341 e. The summed E-state index contributed by atoms with van der Waals surface area (Å²) < 4.78 is 26.4. The third kappa shape index (κ3) is 2.72. The number of aromatic nitrogens is 1. The zero-order valence-corrected chi connectivity index (χ0v) is 13.8. The summed E-state index contributed by atoms with van der Waals surface area (Å²) in [7, 11) is -3.13. The first-order chi connectivity index (χ1) is 9.24.